The molecule has 3 aromatic rings. The number of fused-ring (bicyclic) bond motifs is 1. The molecule has 45 heavy (non-hydrogen) atoms. The lowest BCUT2D eigenvalue weighted by Crippen LogP contribution is -2.59. The van der Waals surface area contributed by atoms with Crippen LogP contribution in [0.4, 0.5) is 37.7 Å². The van der Waals surface area contributed by atoms with E-state index in [1.807, 2.05) is 42.5 Å². The third-order valence-corrected chi connectivity index (χ3v) is 6.24. The monoisotopic (exact) mass is 661 g/mol. The highest BCUT2D eigenvalue weighted by Gasteiger charge is 2.39. The SMILES string of the molecule is CC(C)C1CN(c2ccnc(Cl)c2)CCN1C(=Nc1cccc2ncccc12)NC#N.O=C(O)C(F)(F)F.O=C(O)C(F)(F)F. The molecule has 1 fully saturated rings. The maximum absolute atomic E-state index is 10.6. The van der Waals surface area contributed by atoms with E-state index >= 15 is 0 Å². The number of rotatable bonds is 3. The van der Waals surface area contributed by atoms with Crippen molar-refractivity contribution in [1.82, 2.24) is 20.2 Å². The fourth-order valence-electron chi connectivity index (χ4n) is 3.98. The number of pyridine rings is 2. The maximum atomic E-state index is 10.6. The van der Waals surface area contributed by atoms with Crippen LogP contribution in [0, 0.1) is 17.4 Å². The molecule has 4 rings (SSSR count). The van der Waals surface area contributed by atoms with Gasteiger partial charge in [0, 0.05) is 43.1 Å². The summed E-state index contributed by atoms with van der Waals surface area (Å²) >= 11 is 6.10. The van der Waals surface area contributed by atoms with Crippen molar-refractivity contribution in [3.63, 3.8) is 0 Å². The summed E-state index contributed by atoms with van der Waals surface area (Å²) < 4.78 is 63.5. The van der Waals surface area contributed by atoms with Gasteiger partial charge in [-0.15, -0.1) is 0 Å². The molecular formula is C27H26ClF6N7O4. The van der Waals surface area contributed by atoms with Crippen molar-refractivity contribution in [3.8, 4) is 6.19 Å². The van der Waals surface area contributed by atoms with Crippen LogP contribution in [0.2, 0.25) is 5.15 Å². The van der Waals surface area contributed by atoms with E-state index in [1.54, 1.807) is 12.4 Å². The molecule has 1 aromatic carbocycles. The Morgan fingerprint density at radius 2 is 1.64 bits per heavy atom. The molecule has 1 aliphatic heterocycles. The van der Waals surface area contributed by atoms with E-state index in [1.165, 1.54) is 0 Å². The van der Waals surface area contributed by atoms with Gasteiger partial charge in [0.25, 0.3) is 0 Å². The van der Waals surface area contributed by atoms with Crippen molar-refractivity contribution < 1.29 is 46.1 Å². The Morgan fingerprint density at radius 3 is 2.18 bits per heavy atom. The van der Waals surface area contributed by atoms with Gasteiger partial charge < -0.3 is 20.0 Å². The molecule has 0 amide bonds. The molecular weight excluding hydrogens is 636 g/mol. The number of piperazine rings is 1. The minimum absolute atomic E-state index is 0.161. The van der Waals surface area contributed by atoms with Crippen LogP contribution in [-0.2, 0) is 9.59 Å². The molecule has 242 valence electrons. The number of carboxylic acids is 2. The first-order chi connectivity index (χ1) is 20.9. The Kier molecular flexibility index (Phi) is 12.7. The summed E-state index contributed by atoms with van der Waals surface area (Å²) in [6.45, 7) is 6.67. The van der Waals surface area contributed by atoms with Crippen LogP contribution in [0.15, 0.2) is 59.9 Å². The number of aliphatic carboxylic acids is 2. The first-order valence-corrected chi connectivity index (χ1v) is 13.1. The van der Waals surface area contributed by atoms with Crippen molar-refractivity contribution >= 4 is 51.8 Å². The quantitative estimate of drug-likeness (QED) is 0.0824. The minimum atomic E-state index is -5.08. The third-order valence-electron chi connectivity index (χ3n) is 6.04. The number of aromatic nitrogens is 2. The summed E-state index contributed by atoms with van der Waals surface area (Å²) in [4.78, 5) is 35.7. The molecule has 1 unspecified atom stereocenters. The Labute approximate surface area is 257 Å². The molecule has 0 aliphatic carbocycles. The standard InChI is InChI=1S/C23H24ClN7.2C2HF3O2/c1-16(2)21-14-30(17-8-10-27-22(24)13-17)11-12-31(21)23(28-15-25)29-20-7-3-6-19-18(20)5-4-9-26-19;2*3-2(4,5)1(6)7/h3-10,13,16,21H,11-12,14H2,1-2H3,(H,28,29);2*(H,6,7). The lowest BCUT2D eigenvalue weighted by Gasteiger charge is -2.45. The number of carbonyl (C=O) groups is 2. The minimum Gasteiger partial charge on any atom is -0.475 e. The number of nitrogens with one attached hydrogen (secondary N) is 1. The van der Waals surface area contributed by atoms with Crippen LogP contribution in [0.3, 0.4) is 0 Å². The van der Waals surface area contributed by atoms with E-state index in [9.17, 15) is 31.6 Å². The van der Waals surface area contributed by atoms with Crippen molar-refractivity contribution in [1.29, 1.82) is 5.26 Å². The number of aliphatic imine (C=N–C) groups is 1. The summed E-state index contributed by atoms with van der Waals surface area (Å²) in [5.41, 5.74) is 2.71. The summed E-state index contributed by atoms with van der Waals surface area (Å²) in [6, 6.07) is 13.8. The van der Waals surface area contributed by atoms with Crippen molar-refractivity contribution in [2.75, 3.05) is 24.5 Å². The van der Waals surface area contributed by atoms with E-state index in [0.717, 1.165) is 41.9 Å². The maximum Gasteiger partial charge on any atom is 0.490 e. The molecule has 0 radical (unpaired) electrons. The molecule has 3 N–H and O–H groups in total. The normalized spacial score (nSPS) is 15.3. The average molecular weight is 662 g/mol. The molecule has 1 saturated heterocycles. The smallest absolute Gasteiger partial charge is 0.475 e. The molecule has 0 saturated carbocycles. The largest absolute Gasteiger partial charge is 0.490 e. The van der Waals surface area contributed by atoms with Gasteiger partial charge in [0.15, 0.2) is 6.19 Å². The van der Waals surface area contributed by atoms with E-state index in [4.69, 9.17) is 36.4 Å². The zero-order valence-electron chi connectivity index (χ0n) is 23.5. The number of guanidine groups is 1. The molecule has 1 aliphatic rings. The number of nitriles is 1. The van der Waals surface area contributed by atoms with E-state index in [0.29, 0.717) is 17.0 Å². The van der Waals surface area contributed by atoms with E-state index in [-0.39, 0.29) is 6.04 Å². The number of nitrogens with zero attached hydrogens (tertiary/aromatic N) is 6. The van der Waals surface area contributed by atoms with Crippen LogP contribution >= 0.6 is 11.6 Å². The van der Waals surface area contributed by atoms with Crippen molar-refractivity contribution in [3.05, 3.63) is 60.0 Å². The van der Waals surface area contributed by atoms with E-state index < -0.39 is 24.3 Å². The number of carboxylic acid groups (broad SMARTS) is 2. The van der Waals surface area contributed by atoms with Gasteiger partial charge in [-0.2, -0.15) is 31.6 Å². The summed E-state index contributed by atoms with van der Waals surface area (Å²) in [7, 11) is 0. The predicted octanol–water partition coefficient (Wildman–Crippen LogP) is 5.45. The topological polar surface area (TPSA) is 155 Å². The predicted molar refractivity (Wildman–Crippen MR) is 152 cm³/mol. The Morgan fingerprint density at radius 1 is 1.02 bits per heavy atom. The first-order valence-electron chi connectivity index (χ1n) is 12.8. The highest BCUT2D eigenvalue weighted by atomic mass is 35.5. The Hall–Kier alpha value is -4.85. The number of anilines is 1. The highest BCUT2D eigenvalue weighted by molar-refractivity contribution is 6.29. The lowest BCUT2D eigenvalue weighted by molar-refractivity contribution is -0.193. The zero-order chi connectivity index (χ0) is 33.9. The van der Waals surface area contributed by atoms with Gasteiger partial charge in [-0.25, -0.2) is 19.6 Å². The van der Waals surface area contributed by atoms with Gasteiger partial charge in [0.1, 0.15) is 5.15 Å². The molecule has 1 atom stereocenters. The summed E-state index contributed by atoms with van der Waals surface area (Å²) in [5.74, 6) is -4.61. The van der Waals surface area contributed by atoms with Gasteiger partial charge in [0.05, 0.1) is 17.2 Å². The van der Waals surface area contributed by atoms with Crippen LogP contribution in [0.1, 0.15) is 13.8 Å². The second kappa shape index (κ2) is 15.7. The van der Waals surface area contributed by atoms with Gasteiger partial charge in [0.2, 0.25) is 5.96 Å². The number of hydrogen-bond acceptors (Lipinski definition) is 7. The Balaban J connectivity index is 0.000000421. The molecule has 11 nitrogen and oxygen atoms in total. The fraction of sp³-hybridized carbons (Fsp3) is 0.333. The molecule has 0 bridgehead atoms. The van der Waals surface area contributed by atoms with Crippen LogP contribution in [0.5, 0.6) is 0 Å². The van der Waals surface area contributed by atoms with Gasteiger partial charge in [-0.1, -0.05) is 31.5 Å². The second-order valence-corrected chi connectivity index (χ2v) is 9.80. The zero-order valence-corrected chi connectivity index (χ0v) is 24.3. The van der Waals surface area contributed by atoms with Crippen molar-refractivity contribution in [2.45, 2.75) is 32.2 Å². The van der Waals surface area contributed by atoms with Crippen LogP contribution in [-0.4, -0.2) is 81.0 Å². The van der Waals surface area contributed by atoms with Crippen LogP contribution in [0.25, 0.3) is 10.9 Å². The van der Waals surface area contributed by atoms with Gasteiger partial charge in [-0.3, -0.25) is 10.3 Å². The van der Waals surface area contributed by atoms with Crippen molar-refractivity contribution in [2.24, 2.45) is 10.9 Å². The summed E-state index contributed by atoms with van der Waals surface area (Å²) in [6.07, 6.45) is -4.60. The lowest BCUT2D eigenvalue weighted by atomic mass is 9.99. The molecule has 0 spiro atoms. The fourth-order valence-corrected chi connectivity index (χ4v) is 4.15. The molecule has 2 aromatic heterocycles. The third kappa shape index (κ3) is 11.0. The average Bonchev–Trinajstić information content (AvgIpc) is 2.96. The molecule has 3 heterocycles. The number of hydrogen-bond donors (Lipinski definition) is 3. The second-order valence-electron chi connectivity index (χ2n) is 9.41. The number of alkyl halides is 6. The van der Waals surface area contributed by atoms with Crippen LogP contribution < -0.4 is 10.2 Å². The number of halogens is 7. The van der Waals surface area contributed by atoms with E-state index in [2.05, 4.69) is 45.1 Å². The summed E-state index contributed by atoms with van der Waals surface area (Å²) in [5, 5.41) is 27.9. The number of benzene rings is 1. The Bertz CT molecular complexity index is 1520. The van der Waals surface area contributed by atoms with Gasteiger partial charge in [-0.05, 0) is 42.3 Å². The highest BCUT2D eigenvalue weighted by Crippen LogP contribution is 2.27. The first kappa shape index (κ1) is 36.3. The molecule has 18 heteroatoms. The van der Waals surface area contributed by atoms with Gasteiger partial charge >= 0.3 is 24.3 Å².